The topological polar surface area (TPSA) is 49.4 Å². The highest BCUT2D eigenvalue weighted by atomic mass is 32.2. The molecule has 0 atom stereocenters. The van der Waals surface area contributed by atoms with Crippen molar-refractivity contribution in [2.75, 3.05) is 18.0 Å². The minimum atomic E-state index is -0.454. The van der Waals surface area contributed by atoms with Crippen LogP contribution in [-0.4, -0.2) is 29.7 Å². The van der Waals surface area contributed by atoms with E-state index in [1.165, 1.54) is 5.56 Å². The summed E-state index contributed by atoms with van der Waals surface area (Å²) in [5.41, 5.74) is 2.18. The first kappa shape index (κ1) is 18.1. The monoisotopic (exact) mass is 380 g/mol. The summed E-state index contributed by atoms with van der Waals surface area (Å²) in [5, 5.41) is 2.94. The lowest BCUT2D eigenvalue weighted by Gasteiger charge is -2.27. The summed E-state index contributed by atoms with van der Waals surface area (Å²) in [5.74, 6) is -0.0409. The molecule has 0 unspecified atom stereocenters. The Balaban J connectivity index is 1.41. The van der Waals surface area contributed by atoms with Crippen LogP contribution in [0.2, 0.25) is 0 Å². The molecule has 0 bridgehead atoms. The fraction of sp³-hybridized carbons (Fsp3) is 0.364. The molecule has 2 aliphatic rings. The van der Waals surface area contributed by atoms with Crippen LogP contribution in [-0.2, 0) is 16.0 Å². The van der Waals surface area contributed by atoms with Crippen molar-refractivity contribution in [2.45, 2.75) is 41.7 Å². The number of benzene rings is 2. The number of nitrogens with one attached hydrogen (secondary N) is 1. The SMILES string of the molecule is O=C(CNC(=O)C1(Sc2ccccc2)CCCC1)N1CCc2ccccc21. The molecule has 2 aromatic carbocycles. The van der Waals surface area contributed by atoms with Gasteiger partial charge in [0.15, 0.2) is 0 Å². The molecule has 2 amide bonds. The first-order valence-corrected chi connectivity index (χ1v) is 10.4. The molecule has 0 spiro atoms. The zero-order valence-corrected chi connectivity index (χ0v) is 16.1. The van der Waals surface area contributed by atoms with Crippen molar-refractivity contribution in [3.8, 4) is 0 Å². The van der Waals surface area contributed by atoms with E-state index < -0.39 is 4.75 Å². The van der Waals surface area contributed by atoms with Gasteiger partial charge in [-0.25, -0.2) is 0 Å². The zero-order chi connectivity index (χ0) is 18.7. The van der Waals surface area contributed by atoms with Gasteiger partial charge in [-0.2, -0.15) is 0 Å². The van der Waals surface area contributed by atoms with E-state index in [9.17, 15) is 9.59 Å². The van der Waals surface area contributed by atoms with Gasteiger partial charge >= 0.3 is 0 Å². The number of para-hydroxylation sites is 1. The summed E-state index contributed by atoms with van der Waals surface area (Å²) in [6, 6.07) is 18.1. The molecule has 0 radical (unpaired) electrons. The molecule has 1 saturated carbocycles. The number of carbonyl (C=O) groups excluding carboxylic acids is 2. The molecule has 4 nitrogen and oxygen atoms in total. The van der Waals surface area contributed by atoms with Crippen LogP contribution in [0.15, 0.2) is 59.5 Å². The van der Waals surface area contributed by atoms with Gasteiger partial charge in [-0.05, 0) is 43.0 Å². The summed E-state index contributed by atoms with van der Waals surface area (Å²) in [6.45, 7) is 0.752. The highest BCUT2D eigenvalue weighted by Crippen LogP contribution is 2.45. The molecule has 1 aliphatic heterocycles. The molecule has 4 rings (SSSR count). The van der Waals surface area contributed by atoms with Crippen molar-refractivity contribution in [2.24, 2.45) is 0 Å². The second-order valence-corrected chi connectivity index (χ2v) is 8.68. The van der Waals surface area contributed by atoms with E-state index in [-0.39, 0.29) is 18.4 Å². The van der Waals surface area contributed by atoms with E-state index in [1.807, 2.05) is 48.5 Å². The average molecular weight is 381 g/mol. The lowest BCUT2D eigenvalue weighted by molar-refractivity contribution is -0.126. The van der Waals surface area contributed by atoms with Crippen LogP contribution < -0.4 is 10.2 Å². The van der Waals surface area contributed by atoms with Crippen molar-refractivity contribution in [1.29, 1.82) is 0 Å². The summed E-state index contributed by atoms with van der Waals surface area (Å²) >= 11 is 1.64. The Hall–Kier alpha value is -2.27. The standard InChI is InChI=1S/C22H24N2O2S/c25-20(24-15-12-17-8-4-5-11-19(17)24)16-23-21(26)22(13-6-7-14-22)27-18-9-2-1-3-10-18/h1-5,8-11H,6-7,12-16H2,(H,23,26). The molecule has 1 heterocycles. The number of hydrogen-bond donors (Lipinski definition) is 1. The highest BCUT2D eigenvalue weighted by Gasteiger charge is 2.42. The Morgan fingerprint density at radius 1 is 1.00 bits per heavy atom. The molecule has 1 N–H and O–H groups in total. The molecule has 140 valence electrons. The van der Waals surface area contributed by atoms with Gasteiger partial charge in [-0.3, -0.25) is 9.59 Å². The van der Waals surface area contributed by atoms with Crippen molar-refractivity contribution < 1.29 is 9.59 Å². The molecule has 1 aliphatic carbocycles. The van der Waals surface area contributed by atoms with Gasteiger partial charge in [-0.15, -0.1) is 11.8 Å². The normalized spacial score (nSPS) is 17.6. The van der Waals surface area contributed by atoms with Gasteiger partial charge in [0.25, 0.3) is 0 Å². The van der Waals surface area contributed by atoms with Crippen LogP contribution >= 0.6 is 11.8 Å². The molecule has 0 saturated heterocycles. The third-order valence-corrected chi connectivity index (χ3v) is 6.96. The van der Waals surface area contributed by atoms with Gasteiger partial charge in [0, 0.05) is 17.1 Å². The van der Waals surface area contributed by atoms with Crippen LogP contribution in [0.4, 0.5) is 5.69 Å². The van der Waals surface area contributed by atoms with Crippen LogP contribution in [0.25, 0.3) is 0 Å². The second kappa shape index (κ2) is 7.77. The van der Waals surface area contributed by atoms with Crippen molar-refractivity contribution in [3.63, 3.8) is 0 Å². The quantitative estimate of drug-likeness (QED) is 0.858. The van der Waals surface area contributed by atoms with E-state index in [4.69, 9.17) is 0 Å². The lowest BCUT2D eigenvalue weighted by Crippen LogP contribution is -2.47. The maximum atomic E-state index is 13.0. The van der Waals surface area contributed by atoms with Crippen LogP contribution in [0.1, 0.15) is 31.2 Å². The number of carbonyl (C=O) groups is 2. The van der Waals surface area contributed by atoms with E-state index in [0.717, 1.165) is 42.7 Å². The Bertz CT molecular complexity index is 831. The molecular weight excluding hydrogens is 356 g/mol. The van der Waals surface area contributed by atoms with E-state index >= 15 is 0 Å². The first-order valence-electron chi connectivity index (χ1n) is 9.59. The number of rotatable bonds is 5. The van der Waals surface area contributed by atoms with Gasteiger partial charge in [0.1, 0.15) is 0 Å². The summed E-state index contributed by atoms with van der Waals surface area (Å²) < 4.78 is -0.454. The highest BCUT2D eigenvalue weighted by molar-refractivity contribution is 8.01. The minimum absolute atomic E-state index is 0.00492. The predicted molar refractivity (Wildman–Crippen MR) is 109 cm³/mol. The summed E-state index contributed by atoms with van der Waals surface area (Å²) in [6.07, 6.45) is 4.71. The van der Waals surface area contributed by atoms with E-state index in [0.29, 0.717) is 6.54 Å². The molecular formula is C22H24N2O2S. The fourth-order valence-electron chi connectivity index (χ4n) is 4.05. The van der Waals surface area contributed by atoms with Gasteiger partial charge in [-0.1, -0.05) is 49.2 Å². The first-order chi connectivity index (χ1) is 13.2. The minimum Gasteiger partial charge on any atom is -0.346 e. The van der Waals surface area contributed by atoms with Gasteiger partial charge in [0.2, 0.25) is 11.8 Å². The molecule has 0 aromatic heterocycles. The third-order valence-electron chi connectivity index (χ3n) is 5.47. The Labute approximate surface area is 164 Å². The molecule has 5 heteroatoms. The number of hydrogen-bond acceptors (Lipinski definition) is 3. The van der Waals surface area contributed by atoms with Crippen molar-refractivity contribution >= 4 is 29.3 Å². The zero-order valence-electron chi connectivity index (χ0n) is 15.3. The third kappa shape index (κ3) is 3.74. The summed E-state index contributed by atoms with van der Waals surface area (Å²) in [7, 11) is 0. The number of thioether (sulfide) groups is 1. The molecule has 2 aromatic rings. The van der Waals surface area contributed by atoms with Gasteiger partial charge in [0.05, 0.1) is 11.3 Å². The maximum absolute atomic E-state index is 13.0. The maximum Gasteiger partial charge on any atom is 0.246 e. The van der Waals surface area contributed by atoms with Crippen molar-refractivity contribution in [3.05, 3.63) is 60.2 Å². The van der Waals surface area contributed by atoms with Crippen LogP contribution in [0.3, 0.4) is 0 Å². The van der Waals surface area contributed by atoms with Gasteiger partial charge < -0.3 is 10.2 Å². The molecule has 1 fully saturated rings. The smallest absolute Gasteiger partial charge is 0.246 e. The lowest BCUT2D eigenvalue weighted by atomic mass is 10.1. The van der Waals surface area contributed by atoms with Crippen LogP contribution in [0.5, 0.6) is 0 Å². The number of nitrogens with zero attached hydrogens (tertiary/aromatic N) is 1. The largest absolute Gasteiger partial charge is 0.346 e. The number of fused-ring (bicyclic) bond motifs is 1. The van der Waals surface area contributed by atoms with E-state index in [2.05, 4.69) is 11.4 Å². The number of anilines is 1. The number of amides is 2. The van der Waals surface area contributed by atoms with E-state index in [1.54, 1.807) is 16.7 Å². The van der Waals surface area contributed by atoms with Crippen molar-refractivity contribution in [1.82, 2.24) is 5.32 Å². The average Bonchev–Trinajstić information content (AvgIpc) is 3.34. The molecule has 27 heavy (non-hydrogen) atoms. The van der Waals surface area contributed by atoms with Crippen LogP contribution in [0, 0.1) is 0 Å². The fourth-order valence-corrected chi connectivity index (χ4v) is 5.45. The second-order valence-electron chi connectivity index (χ2n) is 7.22. The summed E-state index contributed by atoms with van der Waals surface area (Å²) in [4.78, 5) is 28.6. The predicted octanol–water partition coefficient (Wildman–Crippen LogP) is 3.80. The Kier molecular flexibility index (Phi) is 5.21. The Morgan fingerprint density at radius 2 is 1.70 bits per heavy atom. The Morgan fingerprint density at radius 3 is 2.48 bits per heavy atom.